The fourth-order valence-electron chi connectivity index (χ4n) is 3.96. The molecule has 1 N–H and O–H groups in total. The van der Waals surface area contributed by atoms with Crippen molar-refractivity contribution in [3.05, 3.63) is 70.8 Å². The Hall–Kier alpha value is -1.60. The van der Waals surface area contributed by atoms with Crippen molar-refractivity contribution in [2.75, 3.05) is 0 Å². The smallest absolute Gasteiger partial charge is 0.0718 e. The quantitative estimate of drug-likeness (QED) is 0.745. The number of rotatable bonds is 0. The molecule has 1 heteroatoms. The zero-order valence-electron chi connectivity index (χ0n) is 10.3. The molecular weight excluding hydrogens is 220 g/mol. The molecule has 2 aromatic carbocycles. The van der Waals surface area contributed by atoms with Crippen molar-refractivity contribution in [3.8, 4) is 0 Å². The van der Waals surface area contributed by atoms with Crippen LogP contribution in [0.4, 0.5) is 0 Å². The molecule has 1 spiro atoms. The van der Waals surface area contributed by atoms with Crippen LogP contribution in [0.2, 0.25) is 0 Å². The fourth-order valence-corrected chi connectivity index (χ4v) is 3.96. The number of aryl methyl sites for hydroxylation is 1. The van der Waals surface area contributed by atoms with Crippen molar-refractivity contribution in [2.24, 2.45) is 0 Å². The summed E-state index contributed by atoms with van der Waals surface area (Å²) in [7, 11) is 0. The molecule has 0 bridgehead atoms. The third kappa shape index (κ3) is 1.10. The van der Waals surface area contributed by atoms with Crippen molar-refractivity contribution in [3.63, 3.8) is 0 Å². The van der Waals surface area contributed by atoms with Crippen LogP contribution in [0, 0.1) is 0 Å². The highest BCUT2D eigenvalue weighted by Crippen LogP contribution is 2.51. The van der Waals surface area contributed by atoms with Gasteiger partial charge in [-0.05, 0) is 41.5 Å². The molecule has 2 aliphatic carbocycles. The number of aliphatic hydroxyl groups excluding tert-OH is 1. The first kappa shape index (κ1) is 10.3. The van der Waals surface area contributed by atoms with Crippen molar-refractivity contribution in [2.45, 2.75) is 30.8 Å². The van der Waals surface area contributed by atoms with Crippen molar-refractivity contribution in [1.29, 1.82) is 0 Å². The van der Waals surface area contributed by atoms with Gasteiger partial charge in [0.25, 0.3) is 0 Å². The highest BCUT2D eigenvalue weighted by Gasteiger charge is 2.50. The van der Waals surface area contributed by atoms with Crippen molar-refractivity contribution in [1.82, 2.24) is 0 Å². The molecule has 0 aromatic heterocycles. The molecule has 2 aromatic rings. The van der Waals surface area contributed by atoms with E-state index in [9.17, 15) is 5.11 Å². The minimum atomic E-state index is -0.265. The summed E-state index contributed by atoms with van der Waals surface area (Å²) >= 11 is 0. The third-order valence-corrected chi connectivity index (χ3v) is 4.77. The Bertz CT molecular complexity index is 604. The lowest BCUT2D eigenvalue weighted by atomic mass is 9.75. The first-order valence-corrected chi connectivity index (χ1v) is 6.67. The standard InChI is InChI=1S/C17H16O/c18-16-11-13-6-2-4-8-15(13)17(16)10-9-12-5-1-3-7-14(12)17/h1-8,16,18H,9-11H2/t16-,17+/m0/s1. The Morgan fingerprint density at radius 3 is 2.28 bits per heavy atom. The lowest BCUT2D eigenvalue weighted by Gasteiger charge is -2.30. The maximum absolute atomic E-state index is 10.6. The summed E-state index contributed by atoms with van der Waals surface area (Å²) in [6.45, 7) is 0. The van der Waals surface area contributed by atoms with Gasteiger partial charge >= 0.3 is 0 Å². The molecule has 0 radical (unpaired) electrons. The topological polar surface area (TPSA) is 20.2 Å². The molecule has 0 aliphatic heterocycles. The molecule has 0 saturated carbocycles. The van der Waals surface area contributed by atoms with Gasteiger partial charge in [0, 0.05) is 5.41 Å². The van der Waals surface area contributed by atoms with Crippen LogP contribution in [0.25, 0.3) is 0 Å². The summed E-state index contributed by atoms with van der Waals surface area (Å²) in [5.74, 6) is 0. The van der Waals surface area contributed by atoms with Crippen molar-refractivity contribution < 1.29 is 5.11 Å². The molecular formula is C17H16O. The lowest BCUT2D eigenvalue weighted by molar-refractivity contribution is 0.117. The van der Waals surface area contributed by atoms with E-state index < -0.39 is 0 Å². The third-order valence-electron chi connectivity index (χ3n) is 4.77. The SMILES string of the molecule is O[C@H]1Cc2ccccc2[C@]12CCc1ccccc12. The molecule has 0 unspecified atom stereocenters. The molecule has 2 aliphatic rings. The maximum Gasteiger partial charge on any atom is 0.0718 e. The predicted octanol–water partition coefficient (Wildman–Crippen LogP) is 2.84. The Labute approximate surface area is 107 Å². The van der Waals surface area contributed by atoms with Gasteiger partial charge in [0.15, 0.2) is 0 Å². The number of benzene rings is 2. The van der Waals surface area contributed by atoms with Gasteiger partial charge in [0.05, 0.1) is 6.10 Å². The average Bonchev–Trinajstić information content (AvgIpc) is 2.92. The van der Waals surface area contributed by atoms with Gasteiger partial charge in [-0.25, -0.2) is 0 Å². The van der Waals surface area contributed by atoms with Gasteiger partial charge in [0.1, 0.15) is 0 Å². The van der Waals surface area contributed by atoms with E-state index in [-0.39, 0.29) is 11.5 Å². The minimum Gasteiger partial charge on any atom is -0.391 e. The van der Waals surface area contributed by atoms with Crippen LogP contribution in [0.1, 0.15) is 28.7 Å². The second-order valence-electron chi connectivity index (χ2n) is 5.51. The predicted molar refractivity (Wildman–Crippen MR) is 71.7 cm³/mol. The Morgan fingerprint density at radius 2 is 1.50 bits per heavy atom. The number of hydrogen-bond acceptors (Lipinski definition) is 1. The van der Waals surface area contributed by atoms with Crippen LogP contribution in [-0.4, -0.2) is 11.2 Å². The number of hydrogen-bond donors (Lipinski definition) is 1. The molecule has 1 nitrogen and oxygen atoms in total. The summed E-state index contributed by atoms with van der Waals surface area (Å²) in [5.41, 5.74) is 5.30. The molecule has 0 amide bonds. The second kappa shape index (κ2) is 3.46. The lowest BCUT2D eigenvalue weighted by Crippen LogP contribution is -2.34. The largest absolute Gasteiger partial charge is 0.391 e. The van der Waals surface area contributed by atoms with Crippen LogP contribution < -0.4 is 0 Å². The summed E-state index contributed by atoms with van der Waals surface area (Å²) in [6.07, 6.45) is 2.66. The van der Waals surface area contributed by atoms with E-state index in [2.05, 4.69) is 48.5 Å². The average molecular weight is 236 g/mol. The van der Waals surface area contributed by atoms with Crippen LogP contribution in [0.5, 0.6) is 0 Å². The first-order valence-electron chi connectivity index (χ1n) is 6.67. The van der Waals surface area contributed by atoms with E-state index in [0.717, 1.165) is 19.3 Å². The van der Waals surface area contributed by atoms with Gasteiger partial charge in [-0.15, -0.1) is 0 Å². The summed E-state index contributed by atoms with van der Waals surface area (Å²) in [5, 5.41) is 10.6. The van der Waals surface area contributed by atoms with Gasteiger partial charge < -0.3 is 5.11 Å². The van der Waals surface area contributed by atoms with Gasteiger partial charge in [-0.2, -0.15) is 0 Å². The van der Waals surface area contributed by atoms with E-state index in [1.807, 2.05) is 0 Å². The van der Waals surface area contributed by atoms with Crippen LogP contribution in [-0.2, 0) is 18.3 Å². The van der Waals surface area contributed by atoms with Gasteiger partial charge in [-0.3, -0.25) is 0 Å². The van der Waals surface area contributed by atoms with E-state index in [4.69, 9.17) is 0 Å². The fraction of sp³-hybridized carbons (Fsp3) is 0.294. The molecule has 0 fully saturated rings. The molecule has 0 heterocycles. The highest BCUT2D eigenvalue weighted by atomic mass is 16.3. The number of fused-ring (bicyclic) bond motifs is 4. The van der Waals surface area contributed by atoms with E-state index >= 15 is 0 Å². The Kier molecular flexibility index (Phi) is 1.98. The number of aliphatic hydroxyl groups is 1. The highest BCUT2D eigenvalue weighted by molar-refractivity contribution is 5.55. The Morgan fingerprint density at radius 1 is 0.889 bits per heavy atom. The normalized spacial score (nSPS) is 28.4. The van der Waals surface area contributed by atoms with Crippen LogP contribution >= 0.6 is 0 Å². The van der Waals surface area contributed by atoms with Gasteiger partial charge in [0.2, 0.25) is 0 Å². The summed E-state index contributed by atoms with van der Waals surface area (Å²) < 4.78 is 0. The molecule has 4 rings (SSSR count). The molecule has 90 valence electrons. The summed E-state index contributed by atoms with van der Waals surface area (Å²) in [4.78, 5) is 0. The van der Waals surface area contributed by atoms with Crippen molar-refractivity contribution >= 4 is 0 Å². The zero-order chi connectivity index (χ0) is 12.2. The Balaban J connectivity index is 2.01. The molecule has 0 saturated heterocycles. The molecule has 18 heavy (non-hydrogen) atoms. The first-order chi connectivity index (χ1) is 8.82. The maximum atomic E-state index is 10.6. The van der Waals surface area contributed by atoms with E-state index in [1.165, 1.54) is 22.3 Å². The molecule has 2 atom stereocenters. The van der Waals surface area contributed by atoms with Gasteiger partial charge in [-0.1, -0.05) is 48.5 Å². The van der Waals surface area contributed by atoms with E-state index in [0.29, 0.717) is 0 Å². The monoisotopic (exact) mass is 236 g/mol. The minimum absolute atomic E-state index is 0.132. The van der Waals surface area contributed by atoms with E-state index in [1.54, 1.807) is 0 Å². The van der Waals surface area contributed by atoms with Crippen LogP contribution in [0.15, 0.2) is 48.5 Å². The van der Waals surface area contributed by atoms with Crippen LogP contribution in [0.3, 0.4) is 0 Å². The zero-order valence-corrected chi connectivity index (χ0v) is 10.3. The second-order valence-corrected chi connectivity index (χ2v) is 5.51. The summed E-state index contributed by atoms with van der Waals surface area (Å²) in [6, 6.07) is 17.1.